The van der Waals surface area contributed by atoms with Crippen molar-refractivity contribution in [3.05, 3.63) is 45.1 Å². The van der Waals surface area contributed by atoms with Gasteiger partial charge in [0.1, 0.15) is 5.52 Å². The number of hydrogen-bond donors (Lipinski definition) is 1. The molecule has 1 aromatic carbocycles. The molecule has 0 aliphatic carbocycles. The van der Waals surface area contributed by atoms with Crippen LogP contribution in [-0.2, 0) is 6.54 Å². The molecule has 6 heteroatoms. The van der Waals surface area contributed by atoms with Crippen LogP contribution in [0.2, 0.25) is 0 Å². The summed E-state index contributed by atoms with van der Waals surface area (Å²) in [5.74, 6) is -0.953. The van der Waals surface area contributed by atoms with Crippen molar-refractivity contribution in [1.29, 1.82) is 0 Å². The van der Waals surface area contributed by atoms with Gasteiger partial charge in [0.05, 0.1) is 17.6 Å². The van der Waals surface area contributed by atoms with Crippen molar-refractivity contribution in [1.82, 2.24) is 15.0 Å². The minimum Gasteiger partial charge on any atom is -0.478 e. The van der Waals surface area contributed by atoms with E-state index in [0.717, 1.165) is 5.52 Å². The summed E-state index contributed by atoms with van der Waals surface area (Å²) in [5, 5.41) is 17.1. The zero-order valence-corrected chi connectivity index (χ0v) is 11.9. The lowest BCUT2D eigenvalue weighted by Gasteiger charge is -2.00. The molecule has 0 saturated carbocycles. The maximum atomic E-state index is 10.9. The summed E-state index contributed by atoms with van der Waals surface area (Å²) in [7, 11) is 0. The molecule has 2 heterocycles. The monoisotopic (exact) mass is 287 g/mol. The fourth-order valence-electron chi connectivity index (χ4n) is 2.10. The van der Waals surface area contributed by atoms with Crippen molar-refractivity contribution in [2.75, 3.05) is 0 Å². The van der Waals surface area contributed by atoms with Crippen LogP contribution >= 0.6 is 11.3 Å². The Morgan fingerprint density at radius 1 is 1.35 bits per heavy atom. The lowest BCUT2D eigenvalue weighted by atomic mass is 10.2. The van der Waals surface area contributed by atoms with Crippen LogP contribution in [0.4, 0.5) is 0 Å². The quantitative estimate of drug-likeness (QED) is 0.804. The van der Waals surface area contributed by atoms with Gasteiger partial charge >= 0.3 is 5.97 Å². The topological polar surface area (TPSA) is 68.0 Å². The Bertz CT molecular complexity index is 784. The van der Waals surface area contributed by atoms with Crippen molar-refractivity contribution >= 4 is 28.3 Å². The van der Waals surface area contributed by atoms with E-state index in [1.165, 1.54) is 15.3 Å². The Morgan fingerprint density at radius 3 is 2.80 bits per heavy atom. The van der Waals surface area contributed by atoms with Crippen molar-refractivity contribution in [3.8, 4) is 0 Å². The molecule has 0 amide bonds. The van der Waals surface area contributed by atoms with E-state index in [9.17, 15) is 4.79 Å². The lowest BCUT2D eigenvalue weighted by molar-refractivity contribution is 0.0697. The van der Waals surface area contributed by atoms with E-state index >= 15 is 0 Å². The molecule has 3 rings (SSSR count). The molecule has 0 bridgehead atoms. The molecule has 0 aliphatic heterocycles. The minimum absolute atomic E-state index is 0.229. The maximum Gasteiger partial charge on any atom is 0.335 e. The summed E-state index contributed by atoms with van der Waals surface area (Å²) < 4.78 is 1.80. The first-order valence-electron chi connectivity index (χ1n) is 6.17. The summed E-state index contributed by atoms with van der Waals surface area (Å²) in [6.45, 7) is 4.85. The molecule has 0 spiro atoms. The van der Waals surface area contributed by atoms with E-state index in [1.807, 2.05) is 0 Å². The minimum atomic E-state index is -0.953. The molecule has 2 aromatic heterocycles. The summed E-state index contributed by atoms with van der Waals surface area (Å²) in [6.07, 6.45) is 0. The number of nitrogens with zero attached hydrogens (tertiary/aromatic N) is 3. The first-order valence-corrected chi connectivity index (χ1v) is 6.98. The number of aryl methyl sites for hydroxylation is 2. The van der Waals surface area contributed by atoms with E-state index in [4.69, 9.17) is 5.11 Å². The summed E-state index contributed by atoms with van der Waals surface area (Å²) in [5.41, 5.74) is 2.96. The van der Waals surface area contributed by atoms with Crippen LogP contribution in [0, 0.1) is 13.8 Å². The van der Waals surface area contributed by atoms with Crippen molar-refractivity contribution in [2.24, 2.45) is 0 Å². The Hall–Kier alpha value is -2.21. The number of aromatic nitrogens is 3. The summed E-state index contributed by atoms with van der Waals surface area (Å²) in [6, 6.07) is 7.03. The number of carboxylic acids is 1. The Labute approximate surface area is 119 Å². The van der Waals surface area contributed by atoms with E-state index in [2.05, 4.69) is 30.2 Å². The van der Waals surface area contributed by atoms with Crippen LogP contribution in [0.25, 0.3) is 11.0 Å². The van der Waals surface area contributed by atoms with Gasteiger partial charge in [-0.15, -0.1) is 16.4 Å². The molecule has 0 aliphatic rings. The van der Waals surface area contributed by atoms with Crippen molar-refractivity contribution < 1.29 is 9.90 Å². The van der Waals surface area contributed by atoms with Gasteiger partial charge in [0.15, 0.2) is 0 Å². The second-order valence-electron chi connectivity index (χ2n) is 4.71. The third kappa shape index (κ3) is 2.18. The second kappa shape index (κ2) is 4.72. The number of thiophene rings is 1. The van der Waals surface area contributed by atoms with Gasteiger partial charge in [0.25, 0.3) is 0 Å². The zero-order chi connectivity index (χ0) is 14.3. The molecule has 0 saturated heterocycles. The standard InChI is InChI=1S/C14H13N3O2S/c1-8-5-11(20-9(8)2)7-17-13-4-3-10(14(18)19)6-12(13)15-16-17/h3-6H,7H2,1-2H3,(H,18,19). The molecule has 0 radical (unpaired) electrons. The lowest BCUT2D eigenvalue weighted by Crippen LogP contribution is -2.00. The Morgan fingerprint density at radius 2 is 2.15 bits per heavy atom. The maximum absolute atomic E-state index is 10.9. The molecule has 102 valence electrons. The summed E-state index contributed by atoms with van der Waals surface area (Å²) >= 11 is 1.75. The number of carboxylic acid groups (broad SMARTS) is 1. The van der Waals surface area contributed by atoms with E-state index in [-0.39, 0.29) is 5.56 Å². The van der Waals surface area contributed by atoms with Gasteiger partial charge in [0.2, 0.25) is 0 Å². The number of aromatic carboxylic acids is 1. The molecule has 1 N–H and O–H groups in total. The van der Waals surface area contributed by atoms with Gasteiger partial charge in [-0.05, 0) is 43.7 Å². The smallest absolute Gasteiger partial charge is 0.335 e. The number of hydrogen-bond acceptors (Lipinski definition) is 4. The molecule has 5 nitrogen and oxygen atoms in total. The predicted octanol–water partition coefficient (Wildman–Crippen LogP) is 2.86. The average molecular weight is 287 g/mol. The van der Waals surface area contributed by atoms with E-state index in [1.54, 1.807) is 34.2 Å². The molecular formula is C14H13N3O2S. The molecule has 3 aromatic rings. The number of benzene rings is 1. The SMILES string of the molecule is Cc1cc(Cn2nnc3cc(C(=O)O)ccc32)sc1C. The van der Waals surface area contributed by atoms with Gasteiger partial charge in [0, 0.05) is 9.75 Å². The normalized spacial score (nSPS) is 11.1. The molecular weight excluding hydrogens is 274 g/mol. The Balaban J connectivity index is 1.98. The van der Waals surface area contributed by atoms with Crippen LogP contribution in [0.3, 0.4) is 0 Å². The molecule has 0 fully saturated rings. The first-order chi connectivity index (χ1) is 9.54. The van der Waals surface area contributed by atoms with Gasteiger partial charge in [-0.2, -0.15) is 0 Å². The third-order valence-corrected chi connectivity index (χ3v) is 4.42. The number of fused-ring (bicyclic) bond motifs is 1. The van der Waals surface area contributed by atoms with Crippen molar-refractivity contribution in [3.63, 3.8) is 0 Å². The molecule has 20 heavy (non-hydrogen) atoms. The van der Waals surface area contributed by atoms with E-state index in [0.29, 0.717) is 12.1 Å². The Kier molecular flexibility index (Phi) is 3.02. The van der Waals surface area contributed by atoms with Crippen molar-refractivity contribution in [2.45, 2.75) is 20.4 Å². The average Bonchev–Trinajstić information content (AvgIpc) is 2.94. The fraction of sp³-hybridized carbons (Fsp3) is 0.214. The van der Waals surface area contributed by atoms with Crippen LogP contribution < -0.4 is 0 Å². The first kappa shape index (κ1) is 12.8. The van der Waals surface area contributed by atoms with Gasteiger partial charge in [-0.1, -0.05) is 5.21 Å². The highest BCUT2D eigenvalue weighted by atomic mass is 32.1. The van der Waals surface area contributed by atoms with Crippen LogP contribution in [0.5, 0.6) is 0 Å². The third-order valence-electron chi connectivity index (χ3n) is 3.28. The van der Waals surface area contributed by atoms with Gasteiger partial charge in [-0.3, -0.25) is 0 Å². The van der Waals surface area contributed by atoms with E-state index < -0.39 is 5.97 Å². The zero-order valence-electron chi connectivity index (χ0n) is 11.1. The number of rotatable bonds is 3. The second-order valence-corrected chi connectivity index (χ2v) is 6.05. The van der Waals surface area contributed by atoms with Gasteiger partial charge < -0.3 is 5.11 Å². The predicted molar refractivity (Wildman–Crippen MR) is 77.4 cm³/mol. The summed E-state index contributed by atoms with van der Waals surface area (Å²) in [4.78, 5) is 13.4. The van der Waals surface area contributed by atoms with Crippen LogP contribution in [0.1, 0.15) is 25.7 Å². The van der Waals surface area contributed by atoms with Crippen LogP contribution in [-0.4, -0.2) is 26.1 Å². The molecule has 0 unspecified atom stereocenters. The largest absolute Gasteiger partial charge is 0.478 e. The fourth-order valence-corrected chi connectivity index (χ4v) is 3.13. The highest BCUT2D eigenvalue weighted by Gasteiger charge is 2.10. The highest BCUT2D eigenvalue weighted by molar-refractivity contribution is 7.12. The van der Waals surface area contributed by atoms with Gasteiger partial charge in [-0.25, -0.2) is 9.48 Å². The molecule has 0 atom stereocenters. The number of carbonyl (C=O) groups is 1. The van der Waals surface area contributed by atoms with Crippen LogP contribution in [0.15, 0.2) is 24.3 Å². The highest BCUT2D eigenvalue weighted by Crippen LogP contribution is 2.22.